The van der Waals surface area contributed by atoms with Crippen molar-refractivity contribution >= 4 is 11.9 Å². The van der Waals surface area contributed by atoms with Gasteiger partial charge in [-0.05, 0) is 19.8 Å². The Hall–Kier alpha value is -2.63. The first-order valence-electron chi connectivity index (χ1n) is 8.04. The first kappa shape index (κ1) is 16.2. The normalized spacial score (nSPS) is 16.9. The topological polar surface area (TPSA) is 92.4 Å². The molecule has 126 valence electrons. The van der Waals surface area contributed by atoms with Gasteiger partial charge in [0, 0.05) is 12.0 Å². The fourth-order valence-electron chi connectivity index (χ4n) is 2.96. The van der Waals surface area contributed by atoms with E-state index in [1.165, 1.54) is 0 Å². The van der Waals surface area contributed by atoms with E-state index in [0.717, 1.165) is 12.0 Å². The molecule has 1 aromatic carbocycles. The fourth-order valence-corrected chi connectivity index (χ4v) is 2.96. The van der Waals surface area contributed by atoms with Crippen LogP contribution in [0, 0.1) is 5.41 Å². The molecule has 6 heteroatoms. The van der Waals surface area contributed by atoms with Gasteiger partial charge < -0.3 is 14.8 Å². The van der Waals surface area contributed by atoms with E-state index in [2.05, 4.69) is 10.3 Å². The molecule has 24 heavy (non-hydrogen) atoms. The summed E-state index contributed by atoms with van der Waals surface area (Å²) in [5.41, 5.74) is 0.0179. The number of nitrogens with one attached hydrogen (secondary N) is 1. The van der Waals surface area contributed by atoms with Crippen LogP contribution in [0.15, 0.2) is 40.9 Å². The zero-order valence-corrected chi connectivity index (χ0v) is 13.5. The van der Waals surface area contributed by atoms with Crippen LogP contribution in [-0.2, 0) is 9.59 Å². The maximum absolute atomic E-state index is 12.2. The Balaban J connectivity index is 1.63. The van der Waals surface area contributed by atoms with Crippen molar-refractivity contribution < 1.29 is 19.1 Å². The van der Waals surface area contributed by atoms with Gasteiger partial charge in [-0.3, -0.25) is 9.59 Å². The summed E-state index contributed by atoms with van der Waals surface area (Å²) in [6, 6.07) is 9.16. The molecule has 1 amide bonds. The van der Waals surface area contributed by atoms with E-state index >= 15 is 0 Å². The Bertz CT molecular complexity index is 734. The average molecular weight is 328 g/mol. The first-order valence-corrected chi connectivity index (χ1v) is 8.04. The van der Waals surface area contributed by atoms with Gasteiger partial charge in [0.1, 0.15) is 6.04 Å². The van der Waals surface area contributed by atoms with E-state index in [0.29, 0.717) is 24.5 Å². The van der Waals surface area contributed by atoms with Gasteiger partial charge in [0.05, 0.1) is 11.6 Å². The number of hydrogen-bond donors (Lipinski definition) is 2. The van der Waals surface area contributed by atoms with Crippen LogP contribution in [0.5, 0.6) is 0 Å². The summed E-state index contributed by atoms with van der Waals surface area (Å²) >= 11 is 0. The maximum atomic E-state index is 12.2. The Morgan fingerprint density at radius 1 is 1.33 bits per heavy atom. The van der Waals surface area contributed by atoms with E-state index < -0.39 is 17.4 Å². The molecule has 0 saturated heterocycles. The molecule has 1 aromatic heterocycles. The van der Waals surface area contributed by atoms with Crippen molar-refractivity contribution in [3.05, 3.63) is 42.4 Å². The summed E-state index contributed by atoms with van der Waals surface area (Å²) in [5, 5.41) is 12.1. The smallest absolute Gasteiger partial charge is 0.310 e. The van der Waals surface area contributed by atoms with E-state index in [9.17, 15) is 14.7 Å². The SMILES string of the molecule is CC(NC(=O)CC1(C(=O)O)CCC1)c1ncc(-c2ccccc2)o1. The molecule has 1 atom stereocenters. The molecule has 2 aromatic rings. The lowest BCUT2D eigenvalue weighted by Gasteiger charge is -2.37. The third-order valence-electron chi connectivity index (χ3n) is 4.59. The lowest BCUT2D eigenvalue weighted by atomic mass is 9.66. The highest BCUT2D eigenvalue weighted by molar-refractivity contribution is 5.85. The molecule has 1 fully saturated rings. The molecule has 1 aliphatic rings. The fraction of sp³-hybridized carbons (Fsp3) is 0.389. The Kier molecular flexibility index (Phi) is 4.38. The number of aromatic nitrogens is 1. The zero-order chi connectivity index (χ0) is 17.2. The highest BCUT2D eigenvalue weighted by atomic mass is 16.4. The number of amides is 1. The van der Waals surface area contributed by atoms with Crippen LogP contribution in [0.2, 0.25) is 0 Å². The summed E-state index contributed by atoms with van der Waals surface area (Å²) in [6.45, 7) is 1.77. The molecular formula is C18H20N2O4. The summed E-state index contributed by atoms with van der Waals surface area (Å²) in [4.78, 5) is 27.7. The molecule has 0 spiro atoms. The third-order valence-corrected chi connectivity index (χ3v) is 4.59. The maximum Gasteiger partial charge on any atom is 0.310 e. The lowest BCUT2D eigenvalue weighted by Crippen LogP contribution is -2.43. The van der Waals surface area contributed by atoms with Crippen LogP contribution in [0.1, 0.15) is 44.5 Å². The van der Waals surface area contributed by atoms with Gasteiger partial charge in [-0.1, -0.05) is 36.8 Å². The van der Waals surface area contributed by atoms with Crippen molar-refractivity contribution in [1.29, 1.82) is 0 Å². The lowest BCUT2D eigenvalue weighted by molar-refractivity contribution is -0.157. The van der Waals surface area contributed by atoms with Crippen molar-refractivity contribution in [2.24, 2.45) is 5.41 Å². The van der Waals surface area contributed by atoms with Crippen molar-refractivity contribution in [2.45, 2.75) is 38.6 Å². The number of benzene rings is 1. The minimum absolute atomic E-state index is 0.00107. The van der Waals surface area contributed by atoms with E-state index in [-0.39, 0.29) is 12.3 Å². The van der Waals surface area contributed by atoms with Gasteiger partial charge in [-0.2, -0.15) is 0 Å². The van der Waals surface area contributed by atoms with Crippen LogP contribution < -0.4 is 5.32 Å². The summed E-state index contributed by atoms with van der Waals surface area (Å²) in [6.07, 6.45) is 3.59. The van der Waals surface area contributed by atoms with E-state index in [1.807, 2.05) is 30.3 Å². The number of carboxylic acid groups (broad SMARTS) is 1. The predicted molar refractivity (Wildman–Crippen MR) is 87.0 cm³/mol. The van der Waals surface area contributed by atoms with Crippen molar-refractivity contribution in [3.8, 4) is 11.3 Å². The highest BCUT2D eigenvalue weighted by Crippen LogP contribution is 2.44. The van der Waals surface area contributed by atoms with E-state index in [4.69, 9.17) is 4.42 Å². The second kappa shape index (κ2) is 6.47. The number of hydrogen-bond acceptors (Lipinski definition) is 4. The molecule has 3 rings (SSSR count). The molecule has 6 nitrogen and oxygen atoms in total. The summed E-state index contributed by atoms with van der Waals surface area (Å²) in [5.74, 6) is -0.143. The van der Waals surface area contributed by atoms with Crippen LogP contribution in [-0.4, -0.2) is 22.0 Å². The van der Waals surface area contributed by atoms with Gasteiger partial charge in [0.15, 0.2) is 5.76 Å². The number of carboxylic acids is 1. The van der Waals surface area contributed by atoms with Crippen LogP contribution in [0.4, 0.5) is 0 Å². The number of rotatable bonds is 6. The minimum atomic E-state index is -0.893. The van der Waals surface area contributed by atoms with Gasteiger partial charge in [-0.15, -0.1) is 0 Å². The molecular weight excluding hydrogens is 308 g/mol. The van der Waals surface area contributed by atoms with Crippen molar-refractivity contribution in [3.63, 3.8) is 0 Å². The molecule has 0 radical (unpaired) electrons. The predicted octanol–water partition coefficient (Wildman–Crippen LogP) is 3.16. The molecule has 1 unspecified atom stereocenters. The minimum Gasteiger partial charge on any atom is -0.481 e. The molecule has 0 bridgehead atoms. The zero-order valence-electron chi connectivity index (χ0n) is 13.5. The Morgan fingerprint density at radius 3 is 2.62 bits per heavy atom. The first-order chi connectivity index (χ1) is 11.5. The standard InChI is InChI=1S/C18H20N2O4/c1-12(20-15(21)10-18(17(22)23)8-5-9-18)16-19-11-14(24-16)13-6-3-2-4-7-13/h2-4,6-7,11-12H,5,8-10H2,1H3,(H,20,21)(H,22,23). The van der Waals surface area contributed by atoms with Crippen molar-refractivity contribution in [1.82, 2.24) is 10.3 Å². The molecule has 1 aliphatic carbocycles. The number of carbonyl (C=O) groups is 2. The van der Waals surface area contributed by atoms with Crippen LogP contribution >= 0.6 is 0 Å². The largest absolute Gasteiger partial charge is 0.481 e. The molecule has 1 saturated carbocycles. The van der Waals surface area contributed by atoms with Gasteiger partial charge in [0.2, 0.25) is 11.8 Å². The highest BCUT2D eigenvalue weighted by Gasteiger charge is 2.46. The summed E-state index contributed by atoms with van der Waals surface area (Å²) in [7, 11) is 0. The van der Waals surface area contributed by atoms with Crippen molar-refractivity contribution in [2.75, 3.05) is 0 Å². The Morgan fingerprint density at radius 2 is 2.04 bits per heavy atom. The molecule has 1 heterocycles. The van der Waals surface area contributed by atoms with Crippen LogP contribution in [0.3, 0.4) is 0 Å². The molecule has 0 aliphatic heterocycles. The quantitative estimate of drug-likeness (QED) is 0.849. The summed E-state index contributed by atoms with van der Waals surface area (Å²) < 4.78 is 5.71. The van der Waals surface area contributed by atoms with Gasteiger partial charge in [-0.25, -0.2) is 4.98 Å². The second-order valence-electron chi connectivity index (χ2n) is 6.33. The van der Waals surface area contributed by atoms with Gasteiger partial charge in [0.25, 0.3) is 0 Å². The third kappa shape index (κ3) is 3.18. The number of carbonyl (C=O) groups excluding carboxylic acids is 1. The number of aliphatic carboxylic acids is 1. The monoisotopic (exact) mass is 328 g/mol. The van der Waals surface area contributed by atoms with Gasteiger partial charge >= 0.3 is 5.97 Å². The average Bonchev–Trinajstić information content (AvgIpc) is 3.01. The van der Waals surface area contributed by atoms with E-state index in [1.54, 1.807) is 13.1 Å². The number of oxazole rings is 1. The second-order valence-corrected chi connectivity index (χ2v) is 6.33. The van der Waals surface area contributed by atoms with Crippen LogP contribution in [0.25, 0.3) is 11.3 Å². The number of nitrogens with zero attached hydrogens (tertiary/aromatic N) is 1. The Labute approximate surface area is 139 Å². The molecule has 2 N–H and O–H groups in total.